The highest BCUT2D eigenvalue weighted by Gasteiger charge is 2.13. The fourth-order valence-electron chi connectivity index (χ4n) is 3.53. The van der Waals surface area contributed by atoms with Gasteiger partial charge in [0.05, 0.1) is 17.4 Å². The van der Waals surface area contributed by atoms with Gasteiger partial charge in [0.2, 0.25) is 0 Å². The molecule has 0 aliphatic rings. The lowest BCUT2D eigenvalue weighted by Crippen LogP contribution is -2.02. The van der Waals surface area contributed by atoms with Crippen molar-refractivity contribution in [2.45, 2.75) is 13.5 Å². The molecule has 0 saturated carbocycles. The second-order valence-corrected chi connectivity index (χ2v) is 7.01. The number of imidazole rings is 2. The van der Waals surface area contributed by atoms with Gasteiger partial charge in [-0.15, -0.1) is 0 Å². The van der Waals surface area contributed by atoms with E-state index in [0.29, 0.717) is 0 Å². The van der Waals surface area contributed by atoms with E-state index < -0.39 is 0 Å². The van der Waals surface area contributed by atoms with Crippen LogP contribution in [0.4, 0.5) is 0 Å². The number of benzene rings is 3. The summed E-state index contributed by atoms with van der Waals surface area (Å²) >= 11 is 0. The maximum absolute atomic E-state index is 4.93. The van der Waals surface area contributed by atoms with Crippen LogP contribution in [0.15, 0.2) is 91.5 Å². The molecule has 2 heterocycles. The van der Waals surface area contributed by atoms with Crippen molar-refractivity contribution in [2.75, 3.05) is 0 Å². The summed E-state index contributed by atoms with van der Waals surface area (Å²) in [4.78, 5) is 9.05. The van der Waals surface area contributed by atoms with E-state index >= 15 is 0 Å². The van der Waals surface area contributed by atoms with Crippen LogP contribution in [0.2, 0.25) is 0 Å². The molecule has 4 heteroatoms. The van der Waals surface area contributed by atoms with Crippen LogP contribution in [0.1, 0.15) is 11.1 Å². The molecule has 28 heavy (non-hydrogen) atoms. The summed E-state index contributed by atoms with van der Waals surface area (Å²) in [5, 5.41) is 0. The highest BCUT2D eigenvalue weighted by atomic mass is 15.1. The van der Waals surface area contributed by atoms with Crippen molar-refractivity contribution in [1.82, 2.24) is 19.1 Å². The smallest absolute Gasteiger partial charge is 0.141 e. The van der Waals surface area contributed by atoms with Crippen molar-refractivity contribution in [3.8, 4) is 17.1 Å². The second kappa shape index (κ2) is 6.82. The predicted octanol–water partition coefficient (Wildman–Crippen LogP) is 5.25. The third-order valence-corrected chi connectivity index (χ3v) is 5.04. The summed E-state index contributed by atoms with van der Waals surface area (Å²) in [6.45, 7) is 2.91. The molecule has 0 saturated heterocycles. The molecular formula is C24H20N4. The molecule has 0 aliphatic carbocycles. The van der Waals surface area contributed by atoms with Gasteiger partial charge in [-0.1, -0.05) is 42.0 Å². The molecule has 2 aromatic heterocycles. The van der Waals surface area contributed by atoms with E-state index in [-0.39, 0.29) is 0 Å². The Labute approximate surface area is 163 Å². The van der Waals surface area contributed by atoms with E-state index in [2.05, 4.69) is 83.2 Å². The first kappa shape index (κ1) is 16.5. The van der Waals surface area contributed by atoms with E-state index in [0.717, 1.165) is 34.7 Å². The Kier molecular flexibility index (Phi) is 4.02. The van der Waals surface area contributed by atoms with Gasteiger partial charge in [0.1, 0.15) is 5.82 Å². The van der Waals surface area contributed by atoms with Crippen molar-refractivity contribution < 1.29 is 0 Å². The average Bonchev–Trinajstić information content (AvgIpc) is 3.39. The standard InChI is InChI=1S/C24H20N4/c1-18-6-8-19(9-7-18)16-28-23-5-3-2-4-22(23)26-24(28)20-10-12-21(13-11-20)27-15-14-25-17-27/h2-15,17H,16H2,1H3. The van der Waals surface area contributed by atoms with Crippen LogP contribution in [0.25, 0.3) is 28.1 Å². The number of hydrogen-bond donors (Lipinski definition) is 0. The number of nitrogens with zero attached hydrogens (tertiary/aromatic N) is 4. The number of aromatic nitrogens is 4. The molecule has 0 bridgehead atoms. The number of rotatable bonds is 4. The molecule has 0 fully saturated rings. The van der Waals surface area contributed by atoms with Gasteiger partial charge < -0.3 is 9.13 Å². The predicted molar refractivity (Wildman–Crippen MR) is 113 cm³/mol. The van der Waals surface area contributed by atoms with Crippen LogP contribution < -0.4 is 0 Å². The Morgan fingerprint density at radius 1 is 0.857 bits per heavy atom. The molecule has 0 unspecified atom stereocenters. The van der Waals surface area contributed by atoms with Crippen molar-refractivity contribution in [1.29, 1.82) is 0 Å². The van der Waals surface area contributed by atoms with Crippen molar-refractivity contribution in [3.63, 3.8) is 0 Å². The van der Waals surface area contributed by atoms with Gasteiger partial charge in [-0.05, 0) is 48.9 Å². The van der Waals surface area contributed by atoms with E-state index in [1.165, 1.54) is 11.1 Å². The molecule has 4 nitrogen and oxygen atoms in total. The van der Waals surface area contributed by atoms with Gasteiger partial charge in [0, 0.05) is 30.2 Å². The summed E-state index contributed by atoms with van der Waals surface area (Å²) in [5.74, 6) is 0.985. The van der Waals surface area contributed by atoms with E-state index in [1.54, 1.807) is 6.20 Å². The fourth-order valence-corrected chi connectivity index (χ4v) is 3.53. The Bertz CT molecular complexity index is 1210. The summed E-state index contributed by atoms with van der Waals surface area (Å²) in [5.41, 5.74) is 6.90. The topological polar surface area (TPSA) is 35.6 Å². The number of fused-ring (bicyclic) bond motifs is 1. The van der Waals surface area contributed by atoms with E-state index in [4.69, 9.17) is 4.98 Å². The normalized spacial score (nSPS) is 11.2. The van der Waals surface area contributed by atoms with Crippen molar-refractivity contribution in [2.24, 2.45) is 0 Å². The molecule has 0 amide bonds. The third-order valence-electron chi connectivity index (χ3n) is 5.04. The zero-order valence-electron chi connectivity index (χ0n) is 15.7. The minimum atomic E-state index is 0.791. The summed E-state index contributed by atoms with van der Waals surface area (Å²) in [7, 11) is 0. The lowest BCUT2D eigenvalue weighted by Gasteiger charge is -2.11. The minimum Gasteiger partial charge on any atom is -0.319 e. The summed E-state index contributed by atoms with van der Waals surface area (Å²) in [6.07, 6.45) is 5.54. The number of para-hydroxylation sites is 2. The third kappa shape index (κ3) is 2.99. The zero-order valence-corrected chi connectivity index (χ0v) is 15.7. The zero-order chi connectivity index (χ0) is 18.9. The molecule has 0 radical (unpaired) electrons. The van der Waals surface area contributed by atoms with Crippen LogP contribution in [0, 0.1) is 6.92 Å². The highest BCUT2D eigenvalue weighted by Crippen LogP contribution is 2.27. The number of hydrogen-bond acceptors (Lipinski definition) is 2. The monoisotopic (exact) mass is 364 g/mol. The van der Waals surface area contributed by atoms with Gasteiger partial charge in [-0.3, -0.25) is 0 Å². The largest absolute Gasteiger partial charge is 0.319 e. The molecule has 0 N–H and O–H groups in total. The molecular weight excluding hydrogens is 344 g/mol. The first-order valence-electron chi connectivity index (χ1n) is 9.37. The van der Waals surface area contributed by atoms with Crippen LogP contribution in [0.5, 0.6) is 0 Å². The molecule has 5 rings (SSSR count). The first-order valence-corrected chi connectivity index (χ1v) is 9.37. The fraction of sp³-hybridized carbons (Fsp3) is 0.0833. The van der Waals surface area contributed by atoms with Gasteiger partial charge in [0.25, 0.3) is 0 Å². The van der Waals surface area contributed by atoms with Gasteiger partial charge in [0.15, 0.2) is 0 Å². The van der Waals surface area contributed by atoms with Gasteiger partial charge in [-0.2, -0.15) is 0 Å². The maximum atomic E-state index is 4.93. The lowest BCUT2D eigenvalue weighted by atomic mass is 10.1. The second-order valence-electron chi connectivity index (χ2n) is 7.01. The Hall–Kier alpha value is -3.66. The molecule has 0 spiro atoms. The van der Waals surface area contributed by atoms with Crippen LogP contribution in [-0.2, 0) is 6.54 Å². The molecule has 0 aliphatic heterocycles. The van der Waals surface area contributed by atoms with E-state index in [1.807, 2.05) is 23.2 Å². The Balaban J connectivity index is 1.59. The Morgan fingerprint density at radius 2 is 1.64 bits per heavy atom. The van der Waals surface area contributed by atoms with Crippen LogP contribution in [0.3, 0.4) is 0 Å². The maximum Gasteiger partial charge on any atom is 0.141 e. The summed E-state index contributed by atoms with van der Waals surface area (Å²) < 4.78 is 4.30. The molecule has 0 atom stereocenters. The van der Waals surface area contributed by atoms with Crippen LogP contribution >= 0.6 is 0 Å². The lowest BCUT2D eigenvalue weighted by molar-refractivity contribution is 0.834. The first-order chi connectivity index (χ1) is 13.8. The van der Waals surface area contributed by atoms with E-state index in [9.17, 15) is 0 Å². The minimum absolute atomic E-state index is 0.791. The highest BCUT2D eigenvalue weighted by molar-refractivity contribution is 5.81. The molecule has 3 aromatic carbocycles. The SMILES string of the molecule is Cc1ccc(Cn2c(-c3ccc(-n4ccnc4)cc3)nc3ccccc32)cc1. The quantitative estimate of drug-likeness (QED) is 0.437. The average molecular weight is 364 g/mol. The molecule has 136 valence electrons. The van der Waals surface area contributed by atoms with Crippen molar-refractivity contribution in [3.05, 3.63) is 103 Å². The Morgan fingerprint density at radius 3 is 2.39 bits per heavy atom. The van der Waals surface area contributed by atoms with Crippen molar-refractivity contribution >= 4 is 11.0 Å². The van der Waals surface area contributed by atoms with Gasteiger partial charge in [-0.25, -0.2) is 9.97 Å². The number of aryl methyl sites for hydroxylation is 1. The molecule has 5 aromatic rings. The van der Waals surface area contributed by atoms with Gasteiger partial charge >= 0.3 is 0 Å². The summed E-state index contributed by atoms with van der Waals surface area (Å²) in [6, 6.07) is 25.5. The van der Waals surface area contributed by atoms with Crippen LogP contribution in [-0.4, -0.2) is 19.1 Å².